The molecule has 0 radical (unpaired) electrons. The largest absolute Gasteiger partial charge is 0.308 e. The van der Waals surface area contributed by atoms with Crippen LogP contribution < -0.4 is 0 Å². The molecule has 1 atom stereocenters. The maximum absolute atomic E-state index is 12.8. The Kier molecular flexibility index (Phi) is 6.19. The van der Waals surface area contributed by atoms with Crippen LogP contribution >= 0.6 is 15.9 Å². The quantitative estimate of drug-likeness (QED) is 0.780. The van der Waals surface area contributed by atoms with E-state index in [1.54, 1.807) is 10.4 Å². The average Bonchev–Trinajstić information content (AvgIpc) is 2.31. The highest BCUT2D eigenvalue weighted by Crippen LogP contribution is 2.25. The molecule has 0 saturated carbocycles. The smallest absolute Gasteiger partial charge is 0.243 e. The first-order chi connectivity index (χ1) is 9.20. The standard InChI is InChI=1S/C14H23BrN2O2S/c1-6-17(12(3)10-16(4)5)20(18,19)14-9-13(15)8-7-11(14)2/h7-9,12H,6,10H2,1-5H3. The Morgan fingerprint density at radius 3 is 2.40 bits per heavy atom. The van der Waals surface area contributed by atoms with E-state index in [4.69, 9.17) is 0 Å². The Labute approximate surface area is 130 Å². The Morgan fingerprint density at radius 2 is 1.90 bits per heavy atom. The zero-order valence-electron chi connectivity index (χ0n) is 12.7. The van der Waals surface area contributed by atoms with Crippen molar-refractivity contribution in [3.63, 3.8) is 0 Å². The predicted octanol–water partition coefficient (Wildman–Crippen LogP) is 2.72. The number of nitrogens with zero attached hydrogens (tertiary/aromatic N) is 2. The van der Waals surface area contributed by atoms with Crippen molar-refractivity contribution < 1.29 is 8.42 Å². The van der Waals surface area contributed by atoms with Crippen LogP contribution in [-0.4, -0.2) is 50.8 Å². The molecular weight excluding hydrogens is 340 g/mol. The molecule has 6 heteroatoms. The lowest BCUT2D eigenvalue weighted by Gasteiger charge is -2.29. The van der Waals surface area contributed by atoms with Crippen LogP contribution in [0.15, 0.2) is 27.6 Å². The fourth-order valence-corrected chi connectivity index (χ4v) is 4.71. The molecule has 0 amide bonds. The van der Waals surface area contributed by atoms with Gasteiger partial charge in [0.25, 0.3) is 0 Å². The molecular formula is C14H23BrN2O2S. The van der Waals surface area contributed by atoms with Crippen LogP contribution in [-0.2, 0) is 10.0 Å². The van der Waals surface area contributed by atoms with Crippen molar-refractivity contribution in [3.05, 3.63) is 28.2 Å². The van der Waals surface area contributed by atoms with Crippen molar-refractivity contribution in [1.82, 2.24) is 9.21 Å². The number of halogens is 1. The third-order valence-electron chi connectivity index (χ3n) is 3.17. The maximum Gasteiger partial charge on any atom is 0.243 e. The minimum absolute atomic E-state index is 0.0709. The van der Waals surface area contributed by atoms with Crippen LogP contribution in [0.5, 0.6) is 0 Å². The molecule has 1 rings (SSSR count). The lowest BCUT2D eigenvalue weighted by Crippen LogP contribution is -2.43. The van der Waals surface area contributed by atoms with Crippen molar-refractivity contribution in [3.8, 4) is 0 Å². The summed E-state index contributed by atoms with van der Waals surface area (Å²) in [6.45, 7) is 6.79. The molecule has 0 spiro atoms. The molecule has 1 unspecified atom stereocenters. The van der Waals surface area contributed by atoms with E-state index < -0.39 is 10.0 Å². The average molecular weight is 363 g/mol. The number of sulfonamides is 1. The van der Waals surface area contributed by atoms with Crippen molar-refractivity contribution >= 4 is 26.0 Å². The highest BCUT2D eigenvalue weighted by molar-refractivity contribution is 9.10. The lowest BCUT2D eigenvalue weighted by molar-refractivity contribution is 0.271. The zero-order chi connectivity index (χ0) is 15.5. The first kappa shape index (κ1) is 17.6. The van der Waals surface area contributed by atoms with Crippen molar-refractivity contribution in [2.45, 2.75) is 31.7 Å². The molecule has 4 nitrogen and oxygen atoms in total. The molecule has 0 N–H and O–H groups in total. The Balaban J connectivity index is 3.21. The molecule has 0 fully saturated rings. The third kappa shape index (κ3) is 4.04. The summed E-state index contributed by atoms with van der Waals surface area (Å²) in [5.41, 5.74) is 0.767. The fourth-order valence-electron chi connectivity index (χ4n) is 2.32. The van der Waals surface area contributed by atoms with Gasteiger partial charge in [0.1, 0.15) is 0 Å². The van der Waals surface area contributed by atoms with E-state index >= 15 is 0 Å². The fraction of sp³-hybridized carbons (Fsp3) is 0.571. The summed E-state index contributed by atoms with van der Waals surface area (Å²) in [6, 6.07) is 5.28. The summed E-state index contributed by atoms with van der Waals surface area (Å²) < 4.78 is 28.0. The maximum atomic E-state index is 12.8. The summed E-state index contributed by atoms with van der Waals surface area (Å²) in [7, 11) is 0.419. The SMILES string of the molecule is CCN(C(C)CN(C)C)S(=O)(=O)c1cc(Br)ccc1C. The first-order valence-electron chi connectivity index (χ1n) is 6.62. The zero-order valence-corrected chi connectivity index (χ0v) is 15.1. The van der Waals surface area contributed by atoms with Gasteiger partial charge in [0.2, 0.25) is 10.0 Å². The van der Waals surface area contributed by atoms with Gasteiger partial charge in [-0.05, 0) is 45.6 Å². The van der Waals surface area contributed by atoms with E-state index in [-0.39, 0.29) is 6.04 Å². The summed E-state index contributed by atoms with van der Waals surface area (Å²) in [4.78, 5) is 2.37. The van der Waals surface area contributed by atoms with Crippen LogP contribution in [0.4, 0.5) is 0 Å². The van der Waals surface area contributed by atoms with Crippen molar-refractivity contribution in [2.24, 2.45) is 0 Å². The van der Waals surface area contributed by atoms with Gasteiger partial charge in [-0.25, -0.2) is 8.42 Å². The number of hydrogen-bond donors (Lipinski definition) is 0. The van der Waals surface area contributed by atoms with Crippen molar-refractivity contribution in [1.29, 1.82) is 0 Å². The Hall–Kier alpha value is -0.430. The normalized spacial score (nSPS) is 14.0. The molecule has 0 aliphatic carbocycles. The molecule has 1 aromatic rings. The molecule has 114 valence electrons. The van der Waals surface area contributed by atoms with Crippen LogP contribution in [0.1, 0.15) is 19.4 Å². The third-order valence-corrected chi connectivity index (χ3v) is 5.89. The molecule has 1 aromatic carbocycles. The number of aryl methyl sites for hydroxylation is 1. The Morgan fingerprint density at radius 1 is 1.30 bits per heavy atom. The molecule has 0 heterocycles. The van der Waals surface area contributed by atoms with Gasteiger partial charge in [-0.1, -0.05) is 28.9 Å². The summed E-state index contributed by atoms with van der Waals surface area (Å²) in [5, 5.41) is 0. The van der Waals surface area contributed by atoms with Gasteiger partial charge in [0.05, 0.1) is 4.90 Å². The van der Waals surface area contributed by atoms with Gasteiger partial charge in [-0.2, -0.15) is 4.31 Å². The molecule has 0 aliphatic rings. The summed E-state index contributed by atoms with van der Waals surface area (Å²) >= 11 is 3.35. The van der Waals surface area contributed by atoms with Gasteiger partial charge >= 0.3 is 0 Å². The van der Waals surface area contributed by atoms with Gasteiger partial charge in [0.15, 0.2) is 0 Å². The second kappa shape index (κ2) is 7.02. The molecule has 0 aliphatic heterocycles. The van der Waals surface area contributed by atoms with Crippen LogP contribution in [0, 0.1) is 6.92 Å². The number of benzene rings is 1. The van der Waals surface area contributed by atoms with E-state index in [2.05, 4.69) is 15.9 Å². The van der Waals surface area contributed by atoms with Gasteiger partial charge in [-0.3, -0.25) is 0 Å². The van der Waals surface area contributed by atoms with Crippen LogP contribution in [0.2, 0.25) is 0 Å². The first-order valence-corrected chi connectivity index (χ1v) is 8.86. The number of hydrogen-bond acceptors (Lipinski definition) is 3. The molecule has 20 heavy (non-hydrogen) atoms. The monoisotopic (exact) mass is 362 g/mol. The van der Waals surface area contributed by atoms with Crippen LogP contribution in [0.3, 0.4) is 0 Å². The second-order valence-electron chi connectivity index (χ2n) is 5.23. The minimum Gasteiger partial charge on any atom is -0.308 e. The summed E-state index contributed by atoms with van der Waals surface area (Å²) in [6.07, 6.45) is 0. The number of likely N-dealkylation sites (N-methyl/N-ethyl adjacent to an activating group) is 2. The molecule has 0 aromatic heterocycles. The highest BCUT2D eigenvalue weighted by Gasteiger charge is 2.29. The summed E-state index contributed by atoms with van der Waals surface area (Å²) in [5.74, 6) is 0. The molecule has 0 bridgehead atoms. The van der Waals surface area contributed by atoms with E-state index in [1.165, 1.54) is 0 Å². The highest BCUT2D eigenvalue weighted by atomic mass is 79.9. The van der Waals surface area contributed by atoms with E-state index in [1.807, 2.05) is 51.9 Å². The second-order valence-corrected chi connectivity index (χ2v) is 8.00. The Bertz CT molecular complexity index is 558. The van der Waals surface area contributed by atoms with Gasteiger partial charge in [0, 0.05) is 23.6 Å². The van der Waals surface area contributed by atoms with Gasteiger partial charge < -0.3 is 4.90 Å². The minimum atomic E-state index is -3.47. The van der Waals surface area contributed by atoms with E-state index in [0.717, 1.165) is 10.0 Å². The van der Waals surface area contributed by atoms with Crippen LogP contribution in [0.25, 0.3) is 0 Å². The van der Waals surface area contributed by atoms with E-state index in [0.29, 0.717) is 18.0 Å². The predicted molar refractivity (Wildman–Crippen MR) is 86.5 cm³/mol. The number of rotatable bonds is 6. The van der Waals surface area contributed by atoms with Crippen molar-refractivity contribution in [2.75, 3.05) is 27.2 Å². The molecule has 0 saturated heterocycles. The lowest BCUT2D eigenvalue weighted by atomic mass is 10.2. The topological polar surface area (TPSA) is 40.6 Å². The van der Waals surface area contributed by atoms with E-state index in [9.17, 15) is 8.42 Å². The van der Waals surface area contributed by atoms with Gasteiger partial charge in [-0.15, -0.1) is 0 Å².